The van der Waals surface area contributed by atoms with Gasteiger partial charge in [-0.1, -0.05) is 12.1 Å². The summed E-state index contributed by atoms with van der Waals surface area (Å²) < 4.78 is 5.39. The zero-order valence-corrected chi connectivity index (χ0v) is 18.2. The molecule has 5 rings (SSSR count). The van der Waals surface area contributed by atoms with Gasteiger partial charge in [-0.15, -0.1) is 0 Å². The van der Waals surface area contributed by atoms with Crippen LogP contribution in [0.25, 0.3) is 22.0 Å². The van der Waals surface area contributed by atoms with E-state index < -0.39 is 0 Å². The molecule has 8 nitrogen and oxygen atoms in total. The van der Waals surface area contributed by atoms with Gasteiger partial charge in [0, 0.05) is 43.6 Å². The van der Waals surface area contributed by atoms with Gasteiger partial charge in [0.05, 0.1) is 11.1 Å². The van der Waals surface area contributed by atoms with E-state index in [1.165, 1.54) is 12.4 Å². The molecular formula is C25H26N4O4. The van der Waals surface area contributed by atoms with Crippen LogP contribution in [0.3, 0.4) is 0 Å². The first-order valence-electron chi connectivity index (χ1n) is 11.3. The van der Waals surface area contributed by atoms with E-state index in [4.69, 9.17) is 4.74 Å². The van der Waals surface area contributed by atoms with E-state index in [9.17, 15) is 14.7 Å². The summed E-state index contributed by atoms with van der Waals surface area (Å²) in [6.45, 7) is 2.72. The molecule has 1 amide bonds. The second kappa shape index (κ2) is 9.15. The SMILES string of the molecule is O=Cc1cc(-c2ccc3ncnc(N[C@H]4CCN(C(=O)C5CCOCC5)C4)c3c2)ccc1O. The lowest BCUT2D eigenvalue weighted by Crippen LogP contribution is -2.38. The fourth-order valence-corrected chi connectivity index (χ4v) is 4.65. The molecule has 1 atom stereocenters. The fraction of sp³-hybridized carbons (Fsp3) is 0.360. The maximum absolute atomic E-state index is 12.9. The number of ether oxygens (including phenoxy) is 1. The van der Waals surface area contributed by atoms with Crippen molar-refractivity contribution in [2.75, 3.05) is 31.6 Å². The second-order valence-electron chi connectivity index (χ2n) is 8.65. The highest BCUT2D eigenvalue weighted by Crippen LogP contribution is 2.30. The summed E-state index contributed by atoms with van der Waals surface area (Å²) in [5.41, 5.74) is 2.76. The van der Waals surface area contributed by atoms with Crippen molar-refractivity contribution in [1.82, 2.24) is 14.9 Å². The van der Waals surface area contributed by atoms with Crippen molar-refractivity contribution < 1.29 is 19.4 Å². The minimum absolute atomic E-state index is 0.0404. The molecule has 2 saturated heterocycles. The van der Waals surface area contributed by atoms with E-state index in [2.05, 4.69) is 15.3 Å². The van der Waals surface area contributed by atoms with Gasteiger partial charge in [0.1, 0.15) is 17.9 Å². The Balaban J connectivity index is 1.36. The minimum Gasteiger partial charge on any atom is -0.507 e. The summed E-state index contributed by atoms with van der Waals surface area (Å²) in [6.07, 6.45) is 4.64. The third-order valence-electron chi connectivity index (χ3n) is 6.53. The number of aromatic nitrogens is 2. The van der Waals surface area contributed by atoms with Crippen LogP contribution in [0.4, 0.5) is 5.82 Å². The minimum atomic E-state index is -0.0404. The average molecular weight is 447 g/mol. The molecule has 8 heteroatoms. The largest absolute Gasteiger partial charge is 0.507 e. The molecule has 0 aliphatic carbocycles. The van der Waals surface area contributed by atoms with E-state index >= 15 is 0 Å². The monoisotopic (exact) mass is 446 g/mol. The van der Waals surface area contributed by atoms with Crippen LogP contribution >= 0.6 is 0 Å². The highest BCUT2D eigenvalue weighted by Gasteiger charge is 2.32. The molecule has 2 aliphatic rings. The second-order valence-corrected chi connectivity index (χ2v) is 8.65. The van der Waals surface area contributed by atoms with Crippen LogP contribution in [0.1, 0.15) is 29.6 Å². The molecule has 3 aromatic rings. The zero-order valence-electron chi connectivity index (χ0n) is 18.2. The number of phenols is 1. The van der Waals surface area contributed by atoms with Crippen molar-refractivity contribution in [2.24, 2.45) is 5.92 Å². The number of amides is 1. The number of nitrogens with zero attached hydrogens (tertiary/aromatic N) is 3. The number of phenolic OH excluding ortho intramolecular Hbond substituents is 1. The molecule has 33 heavy (non-hydrogen) atoms. The molecule has 2 aromatic carbocycles. The van der Waals surface area contributed by atoms with Gasteiger partial charge >= 0.3 is 0 Å². The van der Waals surface area contributed by atoms with Gasteiger partial charge in [-0.05, 0) is 54.7 Å². The number of carbonyl (C=O) groups is 2. The molecule has 0 spiro atoms. The smallest absolute Gasteiger partial charge is 0.225 e. The van der Waals surface area contributed by atoms with E-state index in [0.29, 0.717) is 26.0 Å². The van der Waals surface area contributed by atoms with Crippen molar-refractivity contribution in [3.8, 4) is 16.9 Å². The number of benzene rings is 2. The third kappa shape index (κ3) is 4.39. The number of rotatable bonds is 5. The van der Waals surface area contributed by atoms with Crippen LogP contribution in [0.2, 0.25) is 0 Å². The summed E-state index contributed by atoms with van der Waals surface area (Å²) in [6, 6.07) is 10.9. The summed E-state index contributed by atoms with van der Waals surface area (Å²) in [7, 11) is 0. The third-order valence-corrected chi connectivity index (χ3v) is 6.53. The van der Waals surface area contributed by atoms with Gasteiger partial charge in [0.15, 0.2) is 6.29 Å². The number of hydrogen-bond donors (Lipinski definition) is 2. The highest BCUT2D eigenvalue weighted by atomic mass is 16.5. The number of aldehydes is 1. The van der Waals surface area contributed by atoms with Crippen molar-refractivity contribution in [1.29, 1.82) is 0 Å². The first-order valence-corrected chi connectivity index (χ1v) is 11.3. The maximum Gasteiger partial charge on any atom is 0.225 e. The van der Waals surface area contributed by atoms with Crippen molar-refractivity contribution >= 4 is 28.9 Å². The molecule has 2 aliphatic heterocycles. The number of aromatic hydroxyl groups is 1. The quantitative estimate of drug-likeness (QED) is 0.580. The Hall–Kier alpha value is -3.52. The average Bonchev–Trinajstić information content (AvgIpc) is 3.33. The zero-order chi connectivity index (χ0) is 22.8. The van der Waals surface area contributed by atoms with Crippen LogP contribution in [-0.2, 0) is 9.53 Å². The molecule has 170 valence electrons. The lowest BCUT2D eigenvalue weighted by atomic mass is 9.99. The van der Waals surface area contributed by atoms with Crippen molar-refractivity contribution in [3.05, 3.63) is 48.3 Å². The molecule has 0 unspecified atom stereocenters. The Labute approximate surface area is 191 Å². The number of likely N-dealkylation sites (tertiary alicyclic amines) is 1. The lowest BCUT2D eigenvalue weighted by Gasteiger charge is -2.26. The van der Waals surface area contributed by atoms with Crippen LogP contribution in [0, 0.1) is 5.92 Å². The van der Waals surface area contributed by atoms with Crippen molar-refractivity contribution in [2.45, 2.75) is 25.3 Å². The van der Waals surface area contributed by atoms with Gasteiger partial charge in [0.25, 0.3) is 0 Å². The van der Waals surface area contributed by atoms with Crippen LogP contribution in [0.15, 0.2) is 42.7 Å². The fourth-order valence-electron chi connectivity index (χ4n) is 4.65. The number of nitrogens with one attached hydrogen (secondary N) is 1. The van der Waals surface area contributed by atoms with Crippen LogP contribution in [-0.4, -0.2) is 64.5 Å². The van der Waals surface area contributed by atoms with Gasteiger partial charge in [-0.3, -0.25) is 9.59 Å². The predicted molar refractivity (Wildman–Crippen MR) is 124 cm³/mol. The van der Waals surface area contributed by atoms with E-state index in [-0.39, 0.29) is 29.2 Å². The summed E-state index contributed by atoms with van der Waals surface area (Å²) in [5.74, 6) is 0.986. The molecular weight excluding hydrogens is 420 g/mol. The molecule has 0 bridgehead atoms. The van der Waals surface area contributed by atoms with Gasteiger partial charge in [0.2, 0.25) is 5.91 Å². The topological polar surface area (TPSA) is 105 Å². The lowest BCUT2D eigenvalue weighted by molar-refractivity contribution is -0.137. The molecule has 2 N–H and O–H groups in total. The van der Waals surface area contributed by atoms with Gasteiger partial charge in [-0.25, -0.2) is 9.97 Å². The Morgan fingerprint density at radius 1 is 1.09 bits per heavy atom. The first kappa shape index (κ1) is 21.3. The number of fused-ring (bicyclic) bond motifs is 1. The Morgan fingerprint density at radius 3 is 2.70 bits per heavy atom. The van der Waals surface area contributed by atoms with Gasteiger partial charge in [-0.2, -0.15) is 0 Å². The Bertz CT molecular complexity index is 1190. The van der Waals surface area contributed by atoms with Crippen molar-refractivity contribution in [3.63, 3.8) is 0 Å². The molecule has 2 fully saturated rings. The molecule has 3 heterocycles. The number of carbonyl (C=O) groups excluding carboxylic acids is 2. The number of anilines is 1. The van der Waals surface area contributed by atoms with Crippen LogP contribution < -0.4 is 5.32 Å². The van der Waals surface area contributed by atoms with E-state index in [0.717, 1.165) is 53.7 Å². The van der Waals surface area contributed by atoms with E-state index in [1.54, 1.807) is 12.1 Å². The highest BCUT2D eigenvalue weighted by molar-refractivity contribution is 5.93. The van der Waals surface area contributed by atoms with Crippen LogP contribution in [0.5, 0.6) is 5.75 Å². The van der Waals surface area contributed by atoms with Gasteiger partial charge < -0.3 is 20.1 Å². The Kier molecular flexibility index (Phi) is 5.92. The summed E-state index contributed by atoms with van der Waals surface area (Å²) in [4.78, 5) is 34.9. The normalized spacial score (nSPS) is 19.0. The summed E-state index contributed by atoms with van der Waals surface area (Å²) in [5, 5.41) is 14.2. The molecule has 0 saturated carbocycles. The number of hydrogen-bond acceptors (Lipinski definition) is 7. The molecule has 0 radical (unpaired) electrons. The maximum atomic E-state index is 12.9. The molecule has 1 aromatic heterocycles. The summed E-state index contributed by atoms with van der Waals surface area (Å²) >= 11 is 0. The van der Waals surface area contributed by atoms with E-state index in [1.807, 2.05) is 23.1 Å². The Morgan fingerprint density at radius 2 is 1.88 bits per heavy atom. The standard InChI is InChI=1S/C25H26N4O4/c30-14-19-11-17(2-4-23(19)31)18-1-3-22-21(12-18)24(27-15-26-22)28-20-5-8-29(13-20)25(32)16-6-9-33-10-7-16/h1-4,11-12,14-16,20,31H,5-10,13H2,(H,26,27,28)/t20-/m0/s1. The first-order chi connectivity index (χ1) is 16.1. The predicted octanol–water partition coefficient (Wildman–Crippen LogP) is 3.25.